The van der Waals surface area contributed by atoms with Gasteiger partial charge in [0.15, 0.2) is 5.78 Å². The second-order valence-corrected chi connectivity index (χ2v) is 7.26. The predicted octanol–water partition coefficient (Wildman–Crippen LogP) is 6.51. The van der Waals surface area contributed by atoms with Crippen molar-refractivity contribution in [2.75, 3.05) is 6.61 Å². The molecule has 0 spiro atoms. The molecule has 0 heterocycles. The highest BCUT2D eigenvalue weighted by Crippen LogP contribution is 2.29. The summed E-state index contributed by atoms with van der Waals surface area (Å²) >= 11 is 0. The summed E-state index contributed by atoms with van der Waals surface area (Å²) in [6.45, 7) is 2.75. The fourth-order valence-corrected chi connectivity index (χ4v) is 3.15. The Labute approximate surface area is 173 Å². The van der Waals surface area contributed by atoms with Crippen molar-refractivity contribution in [2.45, 2.75) is 58.3 Å². The quantitative estimate of drug-likeness (QED) is 0.230. The van der Waals surface area contributed by atoms with E-state index in [2.05, 4.69) is 6.92 Å². The zero-order valence-corrected chi connectivity index (χ0v) is 17.3. The lowest BCUT2D eigenvalue weighted by molar-refractivity contribution is 0.104. The molecule has 4 nitrogen and oxygen atoms in total. The van der Waals surface area contributed by atoms with Crippen LogP contribution in [0.15, 0.2) is 48.5 Å². The lowest BCUT2D eigenvalue weighted by Gasteiger charge is -2.11. The van der Waals surface area contributed by atoms with Gasteiger partial charge in [0.2, 0.25) is 0 Å². The number of phenols is 2. The Morgan fingerprint density at radius 2 is 1.55 bits per heavy atom. The van der Waals surface area contributed by atoms with Crippen molar-refractivity contribution in [3.8, 4) is 17.2 Å². The van der Waals surface area contributed by atoms with Gasteiger partial charge in [-0.25, -0.2) is 0 Å². The molecule has 0 saturated heterocycles. The minimum absolute atomic E-state index is 0.0845. The molecule has 0 aliphatic heterocycles. The number of unbranched alkanes of at least 4 members (excludes halogenated alkanes) is 7. The average Bonchev–Trinajstić information content (AvgIpc) is 2.72. The number of rotatable bonds is 13. The third-order valence-electron chi connectivity index (χ3n) is 4.83. The molecule has 4 heteroatoms. The van der Waals surface area contributed by atoms with Gasteiger partial charge in [0.1, 0.15) is 22.8 Å². The zero-order chi connectivity index (χ0) is 20.9. The molecular weight excluding hydrogens is 364 g/mol. The van der Waals surface area contributed by atoms with E-state index < -0.39 is 0 Å². The maximum atomic E-state index is 12.6. The van der Waals surface area contributed by atoms with Crippen molar-refractivity contribution in [3.63, 3.8) is 0 Å². The second kappa shape index (κ2) is 12.7. The lowest BCUT2D eigenvalue weighted by Crippen LogP contribution is -2.04. The molecule has 0 amide bonds. The lowest BCUT2D eigenvalue weighted by atomic mass is 10.1. The van der Waals surface area contributed by atoms with Gasteiger partial charge in [0.25, 0.3) is 0 Å². The Bertz CT molecular complexity index is 778. The van der Waals surface area contributed by atoms with E-state index in [0.717, 1.165) is 18.4 Å². The first-order valence-corrected chi connectivity index (χ1v) is 10.6. The molecule has 0 unspecified atom stereocenters. The Morgan fingerprint density at radius 3 is 2.24 bits per heavy atom. The highest BCUT2D eigenvalue weighted by Gasteiger charge is 2.15. The molecule has 0 saturated carbocycles. The molecule has 0 radical (unpaired) electrons. The molecule has 2 aromatic carbocycles. The van der Waals surface area contributed by atoms with Gasteiger partial charge in [0.05, 0.1) is 6.61 Å². The van der Waals surface area contributed by atoms with Crippen molar-refractivity contribution in [1.82, 2.24) is 0 Å². The summed E-state index contributed by atoms with van der Waals surface area (Å²) in [5, 5.41) is 19.5. The van der Waals surface area contributed by atoms with Gasteiger partial charge in [-0.05, 0) is 42.3 Å². The number of ether oxygens (including phenoxy) is 1. The Hall–Kier alpha value is -2.75. The summed E-state index contributed by atoms with van der Waals surface area (Å²) in [7, 11) is 0. The Kier molecular flexibility index (Phi) is 9.84. The fraction of sp³-hybridized carbons (Fsp3) is 0.400. The summed E-state index contributed by atoms with van der Waals surface area (Å²) in [6, 6.07) is 11.4. The second-order valence-electron chi connectivity index (χ2n) is 7.26. The molecule has 0 atom stereocenters. The Morgan fingerprint density at radius 1 is 0.897 bits per heavy atom. The SMILES string of the molecule is CCCCCCCCCCOc1cccc(O)c1C(=O)C=Cc1ccc(O)cc1. The molecule has 0 aliphatic rings. The molecule has 2 rings (SSSR count). The highest BCUT2D eigenvalue weighted by molar-refractivity contribution is 6.10. The molecule has 2 aromatic rings. The van der Waals surface area contributed by atoms with Crippen LogP contribution in [0.4, 0.5) is 0 Å². The largest absolute Gasteiger partial charge is 0.508 e. The molecule has 0 aromatic heterocycles. The van der Waals surface area contributed by atoms with Crippen molar-refractivity contribution in [1.29, 1.82) is 0 Å². The van der Waals surface area contributed by atoms with Crippen LogP contribution >= 0.6 is 0 Å². The van der Waals surface area contributed by atoms with Crippen LogP contribution in [0, 0.1) is 0 Å². The van der Waals surface area contributed by atoms with Crippen LogP contribution in [0.5, 0.6) is 17.2 Å². The highest BCUT2D eigenvalue weighted by atomic mass is 16.5. The third-order valence-corrected chi connectivity index (χ3v) is 4.83. The minimum Gasteiger partial charge on any atom is -0.508 e. The number of aromatic hydroxyl groups is 2. The first kappa shape index (κ1) is 22.5. The van der Waals surface area contributed by atoms with Gasteiger partial charge >= 0.3 is 0 Å². The van der Waals surface area contributed by atoms with Crippen molar-refractivity contribution < 1.29 is 19.7 Å². The molecule has 0 bridgehead atoms. The first-order chi connectivity index (χ1) is 14.1. The predicted molar refractivity (Wildman–Crippen MR) is 118 cm³/mol. The van der Waals surface area contributed by atoms with Gasteiger partial charge in [0, 0.05) is 0 Å². The minimum atomic E-state index is -0.318. The van der Waals surface area contributed by atoms with Gasteiger partial charge < -0.3 is 14.9 Å². The summed E-state index contributed by atoms with van der Waals surface area (Å²) in [4.78, 5) is 12.6. The number of carbonyl (C=O) groups is 1. The maximum Gasteiger partial charge on any atom is 0.193 e. The van der Waals surface area contributed by atoms with Crippen LogP contribution in [0.2, 0.25) is 0 Å². The summed E-state index contributed by atoms with van der Waals surface area (Å²) in [5.41, 5.74) is 0.968. The van der Waals surface area contributed by atoms with Crippen LogP contribution < -0.4 is 4.74 Å². The number of hydrogen-bond acceptors (Lipinski definition) is 4. The van der Waals surface area contributed by atoms with Crippen molar-refractivity contribution in [3.05, 3.63) is 59.7 Å². The normalized spacial score (nSPS) is 11.1. The van der Waals surface area contributed by atoms with Crippen LogP contribution in [0.3, 0.4) is 0 Å². The van der Waals surface area contributed by atoms with Crippen molar-refractivity contribution >= 4 is 11.9 Å². The van der Waals surface area contributed by atoms with E-state index in [1.807, 2.05) is 0 Å². The van der Waals surface area contributed by atoms with Crippen LogP contribution in [-0.2, 0) is 0 Å². The topological polar surface area (TPSA) is 66.8 Å². The maximum absolute atomic E-state index is 12.6. The molecule has 0 aliphatic carbocycles. The number of benzene rings is 2. The molecular formula is C25H32O4. The van der Waals surface area contributed by atoms with Gasteiger partial charge in [-0.15, -0.1) is 0 Å². The number of phenolic OH excluding ortho intramolecular Hbond substituents is 2. The number of hydrogen-bond donors (Lipinski definition) is 2. The van der Waals surface area contributed by atoms with Crippen LogP contribution in [-0.4, -0.2) is 22.6 Å². The third kappa shape index (κ3) is 8.02. The first-order valence-electron chi connectivity index (χ1n) is 10.6. The molecule has 2 N–H and O–H groups in total. The standard InChI is InChI=1S/C25H32O4/c1-2-3-4-5-6-7-8-9-19-29-24-12-10-11-22(27)25(24)23(28)18-15-20-13-16-21(26)17-14-20/h10-18,26-27H,2-9,19H2,1H3. The molecule has 29 heavy (non-hydrogen) atoms. The molecule has 0 fully saturated rings. The smallest absolute Gasteiger partial charge is 0.193 e. The van der Waals surface area contributed by atoms with Gasteiger partial charge in [-0.2, -0.15) is 0 Å². The Balaban J connectivity index is 1.86. The van der Waals surface area contributed by atoms with E-state index in [1.54, 1.807) is 42.5 Å². The van der Waals surface area contributed by atoms with Gasteiger partial charge in [-0.3, -0.25) is 4.79 Å². The van der Waals surface area contributed by atoms with E-state index in [9.17, 15) is 15.0 Å². The van der Waals surface area contributed by atoms with Gasteiger partial charge in [-0.1, -0.05) is 76.1 Å². The van der Waals surface area contributed by atoms with Crippen molar-refractivity contribution in [2.24, 2.45) is 0 Å². The zero-order valence-electron chi connectivity index (χ0n) is 17.3. The summed E-state index contributed by atoms with van der Waals surface area (Å²) in [5.74, 6) is 0.181. The van der Waals surface area contributed by atoms with E-state index in [1.165, 1.54) is 50.7 Å². The van der Waals surface area contributed by atoms with E-state index >= 15 is 0 Å². The van der Waals surface area contributed by atoms with E-state index in [-0.39, 0.29) is 22.8 Å². The number of carbonyl (C=O) groups excluding carboxylic acids is 1. The van der Waals surface area contributed by atoms with E-state index in [4.69, 9.17) is 4.74 Å². The summed E-state index contributed by atoms with van der Waals surface area (Å²) < 4.78 is 5.80. The number of allylic oxidation sites excluding steroid dienone is 1. The summed E-state index contributed by atoms with van der Waals surface area (Å²) in [6.07, 6.45) is 12.8. The average molecular weight is 397 g/mol. The fourth-order valence-electron chi connectivity index (χ4n) is 3.15. The van der Waals surface area contributed by atoms with Crippen LogP contribution in [0.1, 0.15) is 74.2 Å². The monoisotopic (exact) mass is 396 g/mol. The number of ketones is 1. The molecule has 156 valence electrons. The van der Waals surface area contributed by atoms with Crippen LogP contribution in [0.25, 0.3) is 6.08 Å². The van der Waals surface area contributed by atoms with E-state index in [0.29, 0.717) is 12.4 Å².